The van der Waals surface area contributed by atoms with Crippen molar-refractivity contribution in [1.82, 2.24) is 0 Å². The van der Waals surface area contributed by atoms with Gasteiger partial charge in [-0.3, -0.25) is 0 Å². The molecule has 2 N–H and O–H groups in total. The predicted molar refractivity (Wildman–Crippen MR) is 38.8 cm³/mol. The highest BCUT2D eigenvalue weighted by Gasteiger charge is 2.50. The van der Waals surface area contributed by atoms with Crippen LogP contribution in [-0.4, -0.2) is 28.0 Å². The Bertz CT molecular complexity index is 190. The Kier molecular flexibility index (Phi) is 1.44. The summed E-state index contributed by atoms with van der Waals surface area (Å²) in [6.45, 7) is 0. The monoisotopic (exact) mass is 156 g/mol. The van der Waals surface area contributed by atoms with Gasteiger partial charge in [-0.25, -0.2) is 0 Å². The number of hydrogen-bond donors (Lipinski definition) is 2. The summed E-state index contributed by atoms with van der Waals surface area (Å²) in [5, 5.41) is 19.0. The summed E-state index contributed by atoms with van der Waals surface area (Å²) in [6, 6.07) is 0. The molecule has 0 saturated heterocycles. The van der Waals surface area contributed by atoms with Gasteiger partial charge in [0.25, 0.3) is 0 Å². The van der Waals surface area contributed by atoms with Gasteiger partial charge in [-0.15, -0.1) is 0 Å². The average Bonchev–Trinajstić information content (AvgIpc) is 2.48. The van der Waals surface area contributed by atoms with Crippen molar-refractivity contribution in [2.45, 2.75) is 37.1 Å². The van der Waals surface area contributed by atoms with Gasteiger partial charge in [0.1, 0.15) is 6.10 Å². The molecule has 3 atom stereocenters. The standard InChI is InChI=1S/C8H12O3/c9-6-2-1-4-8(6)7(10)3-5-11-8/h3,5-7,9-10H,1-2,4H2/t6-,7-,8-/m0/s1. The van der Waals surface area contributed by atoms with Crippen LogP contribution < -0.4 is 0 Å². The van der Waals surface area contributed by atoms with Crippen molar-refractivity contribution < 1.29 is 14.9 Å². The summed E-state index contributed by atoms with van der Waals surface area (Å²) in [4.78, 5) is 0. The van der Waals surface area contributed by atoms with Crippen molar-refractivity contribution in [3.63, 3.8) is 0 Å². The molecule has 0 aromatic rings. The first-order valence-corrected chi connectivity index (χ1v) is 3.96. The van der Waals surface area contributed by atoms with Crippen LogP contribution in [-0.2, 0) is 4.74 Å². The fourth-order valence-corrected chi connectivity index (χ4v) is 1.94. The third-order valence-electron chi connectivity index (χ3n) is 2.66. The number of aliphatic hydroxyl groups is 2. The smallest absolute Gasteiger partial charge is 0.163 e. The van der Waals surface area contributed by atoms with Crippen LogP contribution in [0.4, 0.5) is 0 Å². The van der Waals surface area contributed by atoms with E-state index in [4.69, 9.17) is 4.74 Å². The maximum absolute atomic E-state index is 9.52. The van der Waals surface area contributed by atoms with E-state index in [2.05, 4.69) is 0 Å². The van der Waals surface area contributed by atoms with Crippen LogP contribution in [0.3, 0.4) is 0 Å². The molecule has 1 heterocycles. The van der Waals surface area contributed by atoms with Crippen molar-refractivity contribution in [3.8, 4) is 0 Å². The van der Waals surface area contributed by atoms with Gasteiger partial charge in [0.15, 0.2) is 5.60 Å². The van der Waals surface area contributed by atoms with Gasteiger partial charge in [0.2, 0.25) is 0 Å². The van der Waals surface area contributed by atoms with E-state index in [1.807, 2.05) is 0 Å². The molecule has 3 heteroatoms. The van der Waals surface area contributed by atoms with Crippen LogP contribution in [0.25, 0.3) is 0 Å². The lowest BCUT2D eigenvalue weighted by atomic mass is 9.94. The molecule has 3 nitrogen and oxygen atoms in total. The normalized spacial score (nSPS) is 48.5. The molecule has 2 rings (SSSR count). The highest BCUT2D eigenvalue weighted by Crippen LogP contribution is 2.39. The molecular weight excluding hydrogens is 144 g/mol. The molecular formula is C8H12O3. The molecule has 62 valence electrons. The van der Waals surface area contributed by atoms with E-state index < -0.39 is 17.8 Å². The fraction of sp³-hybridized carbons (Fsp3) is 0.750. The van der Waals surface area contributed by atoms with E-state index >= 15 is 0 Å². The van der Waals surface area contributed by atoms with E-state index in [0.29, 0.717) is 0 Å². The molecule has 0 unspecified atom stereocenters. The number of rotatable bonds is 0. The van der Waals surface area contributed by atoms with E-state index in [9.17, 15) is 10.2 Å². The molecule has 1 saturated carbocycles. The molecule has 0 aromatic carbocycles. The van der Waals surface area contributed by atoms with Gasteiger partial charge in [-0.1, -0.05) is 0 Å². The zero-order valence-corrected chi connectivity index (χ0v) is 6.23. The summed E-state index contributed by atoms with van der Waals surface area (Å²) in [6.07, 6.45) is 4.36. The van der Waals surface area contributed by atoms with Gasteiger partial charge in [-0.05, 0) is 25.3 Å². The summed E-state index contributed by atoms with van der Waals surface area (Å²) < 4.78 is 5.25. The summed E-state index contributed by atoms with van der Waals surface area (Å²) in [5.74, 6) is 0. The minimum absolute atomic E-state index is 0.507. The SMILES string of the molecule is O[C@H]1C=CO[C@]12CCC[C@@H]2O. The molecule has 0 amide bonds. The van der Waals surface area contributed by atoms with Gasteiger partial charge in [0, 0.05) is 0 Å². The second-order valence-electron chi connectivity index (χ2n) is 3.25. The van der Waals surface area contributed by atoms with Crippen molar-refractivity contribution in [3.05, 3.63) is 12.3 Å². The Labute approximate surface area is 65.3 Å². The van der Waals surface area contributed by atoms with E-state index in [-0.39, 0.29) is 0 Å². The lowest BCUT2D eigenvalue weighted by Crippen LogP contribution is -2.46. The van der Waals surface area contributed by atoms with E-state index in [1.165, 1.54) is 6.26 Å². The molecule has 1 spiro atoms. The maximum atomic E-state index is 9.52. The number of ether oxygens (including phenoxy) is 1. The minimum Gasteiger partial charge on any atom is -0.489 e. The molecule has 1 aliphatic heterocycles. The Morgan fingerprint density at radius 2 is 2.27 bits per heavy atom. The van der Waals surface area contributed by atoms with Crippen molar-refractivity contribution in [2.24, 2.45) is 0 Å². The van der Waals surface area contributed by atoms with E-state index in [0.717, 1.165) is 19.3 Å². The zero-order chi connectivity index (χ0) is 7.90. The fourth-order valence-electron chi connectivity index (χ4n) is 1.94. The molecule has 0 aromatic heterocycles. The second-order valence-corrected chi connectivity index (χ2v) is 3.25. The molecule has 2 aliphatic rings. The van der Waals surface area contributed by atoms with Crippen LogP contribution in [0.15, 0.2) is 12.3 Å². The highest BCUT2D eigenvalue weighted by molar-refractivity contribution is 5.12. The third kappa shape index (κ3) is 0.812. The third-order valence-corrected chi connectivity index (χ3v) is 2.66. The van der Waals surface area contributed by atoms with Crippen LogP contribution in [0.1, 0.15) is 19.3 Å². The second kappa shape index (κ2) is 2.22. The Morgan fingerprint density at radius 3 is 2.73 bits per heavy atom. The lowest BCUT2D eigenvalue weighted by molar-refractivity contribution is -0.101. The molecule has 1 fully saturated rings. The van der Waals surface area contributed by atoms with Crippen molar-refractivity contribution in [2.75, 3.05) is 0 Å². The first-order chi connectivity index (χ1) is 5.26. The Hall–Kier alpha value is -0.540. The van der Waals surface area contributed by atoms with Crippen molar-refractivity contribution in [1.29, 1.82) is 0 Å². The van der Waals surface area contributed by atoms with Crippen LogP contribution in [0.5, 0.6) is 0 Å². The van der Waals surface area contributed by atoms with Crippen LogP contribution >= 0.6 is 0 Å². The van der Waals surface area contributed by atoms with Crippen LogP contribution in [0.2, 0.25) is 0 Å². The summed E-state index contributed by atoms with van der Waals surface area (Å²) in [5.41, 5.74) is -0.694. The lowest BCUT2D eigenvalue weighted by Gasteiger charge is -2.30. The topological polar surface area (TPSA) is 49.7 Å². The molecule has 0 radical (unpaired) electrons. The minimum atomic E-state index is -0.694. The first-order valence-electron chi connectivity index (χ1n) is 3.96. The van der Waals surface area contributed by atoms with Gasteiger partial charge >= 0.3 is 0 Å². The number of aliphatic hydroxyl groups excluding tert-OH is 2. The Balaban J connectivity index is 2.22. The average molecular weight is 156 g/mol. The Morgan fingerprint density at radius 1 is 1.45 bits per heavy atom. The van der Waals surface area contributed by atoms with Crippen molar-refractivity contribution >= 4 is 0 Å². The van der Waals surface area contributed by atoms with Gasteiger partial charge in [-0.2, -0.15) is 0 Å². The number of hydrogen-bond acceptors (Lipinski definition) is 3. The van der Waals surface area contributed by atoms with Crippen LogP contribution in [0, 0.1) is 0 Å². The highest BCUT2D eigenvalue weighted by atomic mass is 16.5. The summed E-state index contributed by atoms with van der Waals surface area (Å²) in [7, 11) is 0. The maximum Gasteiger partial charge on any atom is 0.163 e. The largest absolute Gasteiger partial charge is 0.489 e. The van der Waals surface area contributed by atoms with Gasteiger partial charge in [0.05, 0.1) is 12.4 Å². The quantitative estimate of drug-likeness (QED) is 0.526. The predicted octanol–water partition coefficient (Wildman–Crippen LogP) is 0.175. The van der Waals surface area contributed by atoms with Gasteiger partial charge < -0.3 is 14.9 Å². The summed E-state index contributed by atoms with van der Waals surface area (Å²) >= 11 is 0. The zero-order valence-electron chi connectivity index (χ0n) is 6.23. The van der Waals surface area contributed by atoms with E-state index in [1.54, 1.807) is 6.08 Å². The molecule has 1 aliphatic carbocycles. The molecule has 11 heavy (non-hydrogen) atoms. The molecule has 0 bridgehead atoms. The first kappa shape index (κ1) is 7.13.